The van der Waals surface area contributed by atoms with Crippen molar-refractivity contribution in [1.29, 1.82) is 0 Å². The molecule has 1 fully saturated rings. The van der Waals surface area contributed by atoms with E-state index in [0.717, 1.165) is 25.9 Å². The summed E-state index contributed by atoms with van der Waals surface area (Å²) >= 11 is 0. The molecule has 1 aromatic rings. The second-order valence-corrected chi connectivity index (χ2v) is 4.69. The molecule has 1 heterocycles. The first-order valence-electron chi connectivity index (χ1n) is 6.60. The topological polar surface area (TPSA) is 87.7 Å². The van der Waals surface area contributed by atoms with Crippen LogP contribution >= 0.6 is 0 Å². The number of carboxylic acids is 1. The van der Waals surface area contributed by atoms with Gasteiger partial charge in [0.2, 0.25) is 5.91 Å². The van der Waals surface area contributed by atoms with Gasteiger partial charge >= 0.3 is 5.97 Å². The lowest BCUT2D eigenvalue weighted by Crippen LogP contribution is -2.34. The minimum absolute atomic E-state index is 0.0192. The highest BCUT2D eigenvalue weighted by atomic mass is 16.5. The van der Waals surface area contributed by atoms with Crippen molar-refractivity contribution in [2.45, 2.75) is 18.9 Å². The van der Waals surface area contributed by atoms with Gasteiger partial charge in [-0.1, -0.05) is 0 Å². The van der Waals surface area contributed by atoms with Crippen LogP contribution in [0.1, 0.15) is 23.2 Å². The van der Waals surface area contributed by atoms with Crippen LogP contribution in [-0.4, -0.2) is 42.8 Å². The van der Waals surface area contributed by atoms with Gasteiger partial charge in [0.15, 0.2) is 0 Å². The van der Waals surface area contributed by atoms with Gasteiger partial charge in [-0.2, -0.15) is 0 Å². The van der Waals surface area contributed by atoms with Crippen molar-refractivity contribution in [2.24, 2.45) is 0 Å². The summed E-state index contributed by atoms with van der Waals surface area (Å²) in [6, 6.07) is 6.02. The summed E-state index contributed by atoms with van der Waals surface area (Å²) in [5, 5.41) is 14.7. The lowest BCUT2D eigenvalue weighted by Gasteiger charge is -2.22. The van der Waals surface area contributed by atoms with E-state index in [1.807, 2.05) is 0 Å². The van der Waals surface area contributed by atoms with E-state index in [-0.39, 0.29) is 24.2 Å². The molecule has 0 bridgehead atoms. The molecule has 2 rings (SSSR count). The normalized spacial score (nSPS) is 15.8. The fraction of sp³-hybridized carbons (Fsp3) is 0.429. The first-order chi connectivity index (χ1) is 9.65. The lowest BCUT2D eigenvalue weighted by molar-refractivity contribution is -0.123. The molecule has 3 N–H and O–H groups in total. The summed E-state index contributed by atoms with van der Waals surface area (Å²) < 4.78 is 5.53. The average molecular weight is 278 g/mol. The number of amides is 1. The van der Waals surface area contributed by atoms with Crippen LogP contribution in [0.3, 0.4) is 0 Å². The van der Waals surface area contributed by atoms with Crippen molar-refractivity contribution in [3.05, 3.63) is 29.8 Å². The average Bonchev–Trinajstić information content (AvgIpc) is 2.47. The van der Waals surface area contributed by atoms with Crippen LogP contribution in [0, 0.1) is 0 Å². The SMILES string of the molecule is O=C(COC1CCNCC1)Nc1ccc(C(=O)O)cc1. The highest BCUT2D eigenvalue weighted by Gasteiger charge is 2.14. The Bertz CT molecular complexity index is 467. The summed E-state index contributed by atoms with van der Waals surface area (Å²) in [6.45, 7) is 1.86. The van der Waals surface area contributed by atoms with E-state index in [9.17, 15) is 9.59 Å². The number of ether oxygens (including phenoxy) is 1. The van der Waals surface area contributed by atoms with Crippen LogP contribution in [0.25, 0.3) is 0 Å². The zero-order valence-corrected chi connectivity index (χ0v) is 11.1. The molecule has 0 aliphatic carbocycles. The molecule has 1 amide bonds. The van der Waals surface area contributed by atoms with Crippen LogP contribution in [0.15, 0.2) is 24.3 Å². The van der Waals surface area contributed by atoms with Gasteiger partial charge in [-0.15, -0.1) is 0 Å². The Morgan fingerprint density at radius 1 is 1.25 bits per heavy atom. The largest absolute Gasteiger partial charge is 0.478 e. The molecule has 0 unspecified atom stereocenters. The van der Waals surface area contributed by atoms with Crippen molar-refractivity contribution in [1.82, 2.24) is 5.32 Å². The van der Waals surface area contributed by atoms with Gasteiger partial charge in [0.05, 0.1) is 11.7 Å². The maximum atomic E-state index is 11.7. The molecule has 6 nitrogen and oxygen atoms in total. The second kappa shape index (κ2) is 7.02. The van der Waals surface area contributed by atoms with Gasteiger partial charge in [0.1, 0.15) is 6.61 Å². The fourth-order valence-corrected chi connectivity index (χ4v) is 2.05. The fourth-order valence-electron chi connectivity index (χ4n) is 2.05. The predicted molar refractivity (Wildman–Crippen MR) is 73.9 cm³/mol. The molecule has 108 valence electrons. The number of anilines is 1. The standard InChI is InChI=1S/C14H18N2O4/c17-13(9-20-12-5-7-15-8-6-12)16-11-3-1-10(2-4-11)14(18)19/h1-4,12,15H,5-9H2,(H,16,17)(H,18,19). The summed E-state index contributed by atoms with van der Waals surface area (Å²) in [6.07, 6.45) is 1.97. The molecular formula is C14H18N2O4. The number of benzene rings is 1. The molecule has 1 aliphatic rings. The first kappa shape index (κ1) is 14.5. The van der Waals surface area contributed by atoms with E-state index in [0.29, 0.717) is 5.69 Å². The predicted octanol–water partition coefficient (Wildman–Crippen LogP) is 1.09. The molecule has 0 aromatic heterocycles. The van der Waals surface area contributed by atoms with E-state index in [1.165, 1.54) is 12.1 Å². The molecule has 0 radical (unpaired) electrons. The van der Waals surface area contributed by atoms with E-state index in [2.05, 4.69) is 10.6 Å². The van der Waals surface area contributed by atoms with E-state index >= 15 is 0 Å². The van der Waals surface area contributed by atoms with Crippen LogP contribution in [0.5, 0.6) is 0 Å². The Morgan fingerprint density at radius 3 is 2.50 bits per heavy atom. The Morgan fingerprint density at radius 2 is 1.90 bits per heavy atom. The van der Waals surface area contributed by atoms with E-state index in [1.54, 1.807) is 12.1 Å². The molecule has 0 saturated carbocycles. The summed E-state index contributed by atoms with van der Waals surface area (Å²) in [5.41, 5.74) is 0.753. The Kier molecular flexibility index (Phi) is 5.09. The molecule has 6 heteroatoms. The number of rotatable bonds is 5. The molecule has 1 aromatic carbocycles. The number of carboxylic acid groups (broad SMARTS) is 1. The number of nitrogens with one attached hydrogen (secondary N) is 2. The van der Waals surface area contributed by atoms with Crippen molar-refractivity contribution < 1.29 is 19.4 Å². The van der Waals surface area contributed by atoms with Crippen LogP contribution in [0.4, 0.5) is 5.69 Å². The highest BCUT2D eigenvalue weighted by Crippen LogP contribution is 2.10. The maximum Gasteiger partial charge on any atom is 0.335 e. The molecule has 1 saturated heterocycles. The summed E-state index contributed by atoms with van der Waals surface area (Å²) in [4.78, 5) is 22.4. The van der Waals surface area contributed by atoms with Crippen molar-refractivity contribution in [3.8, 4) is 0 Å². The minimum Gasteiger partial charge on any atom is -0.478 e. The summed E-state index contributed by atoms with van der Waals surface area (Å²) in [7, 11) is 0. The Hall–Kier alpha value is -1.92. The van der Waals surface area contributed by atoms with Crippen LogP contribution < -0.4 is 10.6 Å². The third kappa shape index (κ3) is 4.32. The molecule has 0 spiro atoms. The van der Waals surface area contributed by atoms with Crippen molar-refractivity contribution in [2.75, 3.05) is 25.0 Å². The molecule has 1 aliphatic heterocycles. The zero-order valence-electron chi connectivity index (χ0n) is 11.1. The van der Waals surface area contributed by atoms with Gasteiger partial charge in [0.25, 0.3) is 0 Å². The van der Waals surface area contributed by atoms with Gasteiger partial charge in [0, 0.05) is 5.69 Å². The third-order valence-corrected chi connectivity index (χ3v) is 3.15. The van der Waals surface area contributed by atoms with Gasteiger partial charge < -0.3 is 20.5 Å². The van der Waals surface area contributed by atoms with Crippen LogP contribution in [-0.2, 0) is 9.53 Å². The Balaban J connectivity index is 1.77. The zero-order chi connectivity index (χ0) is 14.4. The second-order valence-electron chi connectivity index (χ2n) is 4.69. The van der Waals surface area contributed by atoms with Gasteiger partial charge in [-0.05, 0) is 50.2 Å². The molecule has 0 atom stereocenters. The molecule has 20 heavy (non-hydrogen) atoms. The Labute approximate surface area is 117 Å². The van der Waals surface area contributed by atoms with Crippen molar-refractivity contribution in [3.63, 3.8) is 0 Å². The highest BCUT2D eigenvalue weighted by molar-refractivity contribution is 5.93. The first-order valence-corrected chi connectivity index (χ1v) is 6.60. The van der Waals surface area contributed by atoms with E-state index in [4.69, 9.17) is 9.84 Å². The number of carbonyl (C=O) groups is 2. The molecular weight excluding hydrogens is 260 g/mol. The van der Waals surface area contributed by atoms with Crippen LogP contribution in [0.2, 0.25) is 0 Å². The van der Waals surface area contributed by atoms with E-state index < -0.39 is 5.97 Å². The lowest BCUT2D eigenvalue weighted by atomic mass is 10.1. The number of hydrogen-bond donors (Lipinski definition) is 3. The smallest absolute Gasteiger partial charge is 0.335 e. The van der Waals surface area contributed by atoms with Gasteiger partial charge in [-0.3, -0.25) is 4.79 Å². The third-order valence-electron chi connectivity index (χ3n) is 3.15. The maximum absolute atomic E-state index is 11.7. The summed E-state index contributed by atoms with van der Waals surface area (Å²) in [5.74, 6) is -1.22. The number of piperidine rings is 1. The number of aromatic carboxylic acids is 1. The number of carbonyl (C=O) groups excluding carboxylic acids is 1. The van der Waals surface area contributed by atoms with Crippen molar-refractivity contribution >= 4 is 17.6 Å². The minimum atomic E-state index is -0.989. The number of hydrogen-bond acceptors (Lipinski definition) is 4. The quantitative estimate of drug-likeness (QED) is 0.750. The monoisotopic (exact) mass is 278 g/mol. The van der Waals surface area contributed by atoms with Gasteiger partial charge in [-0.25, -0.2) is 4.79 Å².